The van der Waals surface area contributed by atoms with Crippen LogP contribution in [0.4, 0.5) is 0 Å². The minimum absolute atomic E-state index is 0.665. The fourth-order valence-corrected chi connectivity index (χ4v) is 2.10. The molecule has 0 spiro atoms. The van der Waals surface area contributed by atoms with Gasteiger partial charge in [0.1, 0.15) is 6.26 Å². The average molecular weight is 235 g/mol. The Hall–Kier alpha value is -2.35. The van der Waals surface area contributed by atoms with E-state index in [1.165, 1.54) is 16.7 Å². The summed E-state index contributed by atoms with van der Waals surface area (Å²) >= 11 is 0. The van der Waals surface area contributed by atoms with E-state index in [9.17, 15) is 0 Å². The molecule has 3 rings (SSSR count). The summed E-state index contributed by atoms with van der Waals surface area (Å²) in [5, 5.41) is 0. The van der Waals surface area contributed by atoms with Gasteiger partial charge in [-0.05, 0) is 35.7 Å². The van der Waals surface area contributed by atoms with Gasteiger partial charge in [-0.1, -0.05) is 36.4 Å². The average Bonchev–Trinajstić information content (AvgIpc) is 2.93. The van der Waals surface area contributed by atoms with E-state index in [0.717, 1.165) is 5.56 Å². The number of aryl methyl sites for hydroxylation is 1. The third-order valence-electron chi connectivity index (χ3n) is 2.99. The lowest BCUT2D eigenvalue weighted by Gasteiger charge is -2.07. The van der Waals surface area contributed by atoms with Crippen LogP contribution in [0, 0.1) is 6.92 Å². The Labute approximate surface area is 106 Å². The summed E-state index contributed by atoms with van der Waals surface area (Å²) in [5.74, 6) is 0.665. The Balaban J connectivity index is 2.05. The molecule has 2 heteroatoms. The number of rotatable bonds is 2. The first-order valence-electron chi connectivity index (χ1n) is 5.90. The Kier molecular flexibility index (Phi) is 2.69. The summed E-state index contributed by atoms with van der Waals surface area (Å²) in [6, 6.07) is 16.6. The summed E-state index contributed by atoms with van der Waals surface area (Å²) in [6.07, 6.45) is 3.26. The largest absolute Gasteiger partial charge is 0.445 e. The van der Waals surface area contributed by atoms with Gasteiger partial charge in [-0.3, -0.25) is 0 Å². The maximum atomic E-state index is 5.31. The number of oxazole rings is 1. The van der Waals surface area contributed by atoms with Crippen molar-refractivity contribution in [2.45, 2.75) is 6.92 Å². The van der Waals surface area contributed by atoms with Crippen LogP contribution in [-0.2, 0) is 0 Å². The molecule has 0 radical (unpaired) electrons. The SMILES string of the molecule is Cc1cc(-c2ncco2)ccc1-c1ccccc1. The van der Waals surface area contributed by atoms with Gasteiger partial charge < -0.3 is 4.42 Å². The van der Waals surface area contributed by atoms with Gasteiger partial charge in [-0.2, -0.15) is 0 Å². The van der Waals surface area contributed by atoms with E-state index in [1.807, 2.05) is 12.1 Å². The molecule has 0 saturated carbocycles. The molecule has 0 aliphatic heterocycles. The molecule has 2 aromatic carbocycles. The van der Waals surface area contributed by atoms with Crippen molar-refractivity contribution in [1.29, 1.82) is 0 Å². The lowest BCUT2D eigenvalue weighted by atomic mass is 9.98. The van der Waals surface area contributed by atoms with Crippen LogP contribution in [0.2, 0.25) is 0 Å². The quantitative estimate of drug-likeness (QED) is 0.661. The van der Waals surface area contributed by atoms with Crippen molar-refractivity contribution in [3.05, 3.63) is 66.6 Å². The molecule has 0 unspecified atom stereocenters. The molecule has 1 heterocycles. The van der Waals surface area contributed by atoms with Gasteiger partial charge in [0.15, 0.2) is 0 Å². The molecule has 0 bridgehead atoms. The first-order valence-corrected chi connectivity index (χ1v) is 5.90. The zero-order chi connectivity index (χ0) is 12.4. The third-order valence-corrected chi connectivity index (χ3v) is 2.99. The number of benzene rings is 2. The number of aromatic nitrogens is 1. The second-order valence-electron chi connectivity index (χ2n) is 4.23. The van der Waals surface area contributed by atoms with Crippen molar-refractivity contribution in [3.63, 3.8) is 0 Å². The fraction of sp³-hybridized carbons (Fsp3) is 0.0625. The summed E-state index contributed by atoms with van der Waals surface area (Å²) in [7, 11) is 0. The summed E-state index contributed by atoms with van der Waals surface area (Å²) < 4.78 is 5.31. The molecule has 0 atom stereocenters. The normalized spacial score (nSPS) is 10.5. The molecule has 0 N–H and O–H groups in total. The van der Waals surface area contributed by atoms with Gasteiger partial charge in [-0.15, -0.1) is 0 Å². The van der Waals surface area contributed by atoms with Crippen molar-refractivity contribution in [2.24, 2.45) is 0 Å². The Morgan fingerprint density at radius 1 is 0.944 bits per heavy atom. The molecule has 3 aromatic rings. The van der Waals surface area contributed by atoms with Gasteiger partial charge in [0, 0.05) is 5.56 Å². The second kappa shape index (κ2) is 4.49. The van der Waals surface area contributed by atoms with Crippen LogP contribution in [0.15, 0.2) is 65.4 Å². The fourth-order valence-electron chi connectivity index (χ4n) is 2.10. The third kappa shape index (κ3) is 1.93. The van der Waals surface area contributed by atoms with Crippen LogP contribution in [-0.4, -0.2) is 4.98 Å². The lowest BCUT2D eigenvalue weighted by molar-refractivity contribution is 0.574. The molecule has 0 amide bonds. The standard InChI is InChI=1S/C16H13NO/c1-12-11-14(16-17-9-10-18-16)7-8-15(12)13-5-3-2-4-6-13/h2-11H,1H3. The van der Waals surface area contributed by atoms with E-state index < -0.39 is 0 Å². The first kappa shape index (κ1) is 10.8. The van der Waals surface area contributed by atoms with Crippen LogP contribution in [0.1, 0.15) is 5.56 Å². The topological polar surface area (TPSA) is 26.0 Å². The summed E-state index contributed by atoms with van der Waals surface area (Å²) in [5.41, 5.74) is 4.70. The van der Waals surface area contributed by atoms with Crippen molar-refractivity contribution in [2.75, 3.05) is 0 Å². The van der Waals surface area contributed by atoms with Crippen LogP contribution < -0.4 is 0 Å². The van der Waals surface area contributed by atoms with Gasteiger partial charge in [-0.25, -0.2) is 4.98 Å². The first-order chi connectivity index (χ1) is 8.84. The predicted molar refractivity (Wildman–Crippen MR) is 72.1 cm³/mol. The lowest BCUT2D eigenvalue weighted by Crippen LogP contribution is -1.85. The van der Waals surface area contributed by atoms with E-state index in [2.05, 4.69) is 48.3 Å². The van der Waals surface area contributed by atoms with Gasteiger partial charge in [0.25, 0.3) is 0 Å². The van der Waals surface area contributed by atoms with Crippen molar-refractivity contribution in [3.8, 4) is 22.6 Å². The summed E-state index contributed by atoms with van der Waals surface area (Å²) in [4.78, 5) is 4.16. The van der Waals surface area contributed by atoms with Crippen molar-refractivity contribution in [1.82, 2.24) is 4.98 Å². The Morgan fingerprint density at radius 3 is 2.44 bits per heavy atom. The van der Waals surface area contributed by atoms with Gasteiger partial charge in [0.05, 0.1) is 6.20 Å². The van der Waals surface area contributed by atoms with E-state index in [-0.39, 0.29) is 0 Å². The van der Waals surface area contributed by atoms with E-state index >= 15 is 0 Å². The van der Waals surface area contributed by atoms with Gasteiger partial charge >= 0.3 is 0 Å². The Morgan fingerprint density at radius 2 is 1.78 bits per heavy atom. The zero-order valence-corrected chi connectivity index (χ0v) is 10.1. The van der Waals surface area contributed by atoms with Crippen LogP contribution in [0.3, 0.4) is 0 Å². The molecule has 18 heavy (non-hydrogen) atoms. The Bertz CT molecular complexity index is 642. The molecule has 2 nitrogen and oxygen atoms in total. The van der Waals surface area contributed by atoms with Crippen molar-refractivity contribution >= 4 is 0 Å². The molecule has 1 aromatic heterocycles. The summed E-state index contributed by atoms with van der Waals surface area (Å²) in [6.45, 7) is 2.11. The minimum atomic E-state index is 0.665. The highest BCUT2D eigenvalue weighted by atomic mass is 16.3. The molecular weight excluding hydrogens is 222 g/mol. The minimum Gasteiger partial charge on any atom is -0.445 e. The van der Waals surface area contributed by atoms with E-state index in [0.29, 0.717) is 5.89 Å². The van der Waals surface area contributed by atoms with Gasteiger partial charge in [0.2, 0.25) is 5.89 Å². The van der Waals surface area contributed by atoms with Crippen molar-refractivity contribution < 1.29 is 4.42 Å². The van der Waals surface area contributed by atoms with E-state index in [1.54, 1.807) is 12.5 Å². The van der Waals surface area contributed by atoms with Crippen LogP contribution in [0.5, 0.6) is 0 Å². The highest BCUT2D eigenvalue weighted by Crippen LogP contribution is 2.27. The molecule has 0 aliphatic carbocycles. The molecule has 0 saturated heterocycles. The van der Waals surface area contributed by atoms with Crippen LogP contribution in [0.25, 0.3) is 22.6 Å². The monoisotopic (exact) mass is 235 g/mol. The number of hydrogen-bond acceptors (Lipinski definition) is 2. The van der Waals surface area contributed by atoms with Crippen LogP contribution >= 0.6 is 0 Å². The molecular formula is C16H13NO. The molecule has 88 valence electrons. The maximum absolute atomic E-state index is 5.31. The predicted octanol–water partition coefficient (Wildman–Crippen LogP) is 4.32. The number of nitrogens with zero attached hydrogens (tertiary/aromatic N) is 1. The molecule has 0 aliphatic rings. The second-order valence-corrected chi connectivity index (χ2v) is 4.23. The highest BCUT2D eigenvalue weighted by molar-refractivity contribution is 5.70. The molecule has 0 fully saturated rings. The van der Waals surface area contributed by atoms with E-state index in [4.69, 9.17) is 4.42 Å². The maximum Gasteiger partial charge on any atom is 0.225 e. The smallest absolute Gasteiger partial charge is 0.225 e. The number of hydrogen-bond donors (Lipinski definition) is 0. The zero-order valence-electron chi connectivity index (χ0n) is 10.1. The highest BCUT2D eigenvalue weighted by Gasteiger charge is 2.06.